The van der Waals surface area contributed by atoms with Crippen molar-refractivity contribution in [2.45, 2.75) is 0 Å². The fourth-order valence-electron chi connectivity index (χ4n) is 0.973. The Morgan fingerprint density at radius 2 is 2.36 bits per heavy atom. The van der Waals surface area contributed by atoms with Crippen LogP contribution in [0.15, 0.2) is 6.20 Å². The van der Waals surface area contributed by atoms with Crippen molar-refractivity contribution < 1.29 is 9.13 Å². The van der Waals surface area contributed by atoms with Gasteiger partial charge >= 0.3 is 0 Å². The molecule has 0 saturated heterocycles. The number of anilines is 2. The van der Waals surface area contributed by atoms with Crippen LogP contribution in [0.4, 0.5) is 16.2 Å². The number of nitrogens with zero attached hydrogens (tertiary/aromatic N) is 3. The number of likely N-dealkylation sites (N-methyl/N-ethyl adjacent to an activating group) is 1. The maximum absolute atomic E-state index is 13.2. The smallest absolute Gasteiger partial charge is 0.222 e. The molecule has 0 aliphatic carbocycles. The van der Waals surface area contributed by atoms with Crippen LogP contribution in [-0.2, 0) is 4.74 Å². The van der Waals surface area contributed by atoms with Gasteiger partial charge in [-0.15, -0.1) is 0 Å². The maximum Gasteiger partial charge on any atom is 0.222 e. The van der Waals surface area contributed by atoms with Gasteiger partial charge in [-0.25, -0.2) is 9.37 Å². The molecule has 78 valence electrons. The summed E-state index contributed by atoms with van der Waals surface area (Å²) in [5.74, 6) is -0.238. The van der Waals surface area contributed by atoms with Gasteiger partial charge in [-0.3, -0.25) is 0 Å². The summed E-state index contributed by atoms with van der Waals surface area (Å²) in [6.07, 6.45) is 1.06. The van der Waals surface area contributed by atoms with E-state index in [0.29, 0.717) is 13.2 Å². The first-order chi connectivity index (χ1) is 6.65. The third-order valence-electron chi connectivity index (χ3n) is 1.74. The molecule has 1 aromatic heterocycles. The zero-order chi connectivity index (χ0) is 10.6. The number of halogens is 1. The van der Waals surface area contributed by atoms with Crippen molar-refractivity contribution in [2.75, 3.05) is 37.9 Å². The van der Waals surface area contributed by atoms with E-state index in [1.807, 2.05) is 0 Å². The highest BCUT2D eigenvalue weighted by Gasteiger charge is 2.09. The Labute approximate surface area is 81.7 Å². The number of ether oxygens (including phenoxy) is 1. The van der Waals surface area contributed by atoms with Crippen LogP contribution in [0.25, 0.3) is 0 Å². The molecule has 0 bridgehead atoms. The van der Waals surface area contributed by atoms with Crippen molar-refractivity contribution >= 4 is 11.8 Å². The SMILES string of the molecule is COCCN(C)c1nc(N)ncc1F. The molecular weight excluding hydrogens is 187 g/mol. The number of nitrogen functional groups attached to an aromatic ring is 1. The summed E-state index contributed by atoms with van der Waals surface area (Å²) in [6, 6.07) is 0. The maximum atomic E-state index is 13.2. The van der Waals surface area contributed by atoms with Crippen molar-refractivity contribution in [3.63, 3.8) is 0 Å². The molecular formula is C8H13FN4O. The quantitative estimate of drug-likeness (QED) is 0.756. The monoisotopic (exact) mass is 200 g/mol. The first-order valence-electron chi connectivity index (χ1n) is 4.13. The zero-order valence-corrected chi connectivity index (χ0v) is 8.20. The van der Waals surface area contributed by atoms with Crippen LogP contribution < -0.4 is 10.6 Å². The second kappa shape index (κ2) is 4.71. The van der Waals surface area contributed by atoms with Crippen LogP contribution in [0.1, 0.15) is 0 Å². The van der Waals surface area contributed by atoms with E-state index >= 15 is 0 Å². The molecule has 1 heterocycles. The normalized spacial score (nSPS) is 10.2. The van der Waals surface area contributed by atoms with Crippen molar-refractivity contribution in [3.8, 4) is 0 Å². The van der Waals surface area contributed by atoms with Gasteiger partial charge in [0, 0.05) is 20.7 Å². The van der Waals surface area contributed by atoms with E-state index in [-0.39, 0.29) is 11.8 Å². The van der Waals surface area contributed by atoms with E-state index in [4.69, 9.17) is 10.5 Å². The molecule has 0 spiro atoms. The summed E-state index contributed by atoms with van der Waals surface area (Å²) in [7, 11) is 3.29. The Balaban J connectivity index is 2.77. The van der Waals surface area contributed by atoms with Crippen LogP contribution in [0, 0.1) is 5.82 Å². The molecule has 0 aliphatic heterocycles. The Hall–Kier alpha value is -1.43. The van der Waals surface area contributed by atoms with Gasteiger partial charge in [0.25, 0.3) is 0 Å². The van der Waals surface area contributed by atoms with Gasteiger partial charge < -0.3 is 15.4 Å². The summed E-state index contributed by atoms with van der Waals surface area (Å²) in [4.78, 5) is 8.95. The molecule has 1 aromatic rings. The topological polar surface area (TPSA) is 64.3 Å². The summed E-state index contributed by atoms with van der Waals surface area (Å²) in [6.45, 7) is 1.05. The van der Waals surface area contributed by atoms with E-state index in [9.17, 15) is 4.39 Å². The molecule has 0 aliphatic rings. The van der Waals surface area contributed by atoms with Gasteiger partial charge in [0.05, 0.1) is 12.8 Å². The van der Waals surface area contributed by atoms with Crippen LogP contribution in [0.3, 0.4) is 0 Å². The average molecular weight is 200 g/mol. The average Bonchev–Trinajstić information content (AvgIpc) is 2.18. The van der Waals surface area contributed by atoms with Gasteiger partial charge in [-0.05, 0) is 0 Å². The summed E-state index contributed by atoms with van der Waals surface area (Å²) in [5.41, 5.74) is 5.35. The molecule has 0 radical (unpaired) electrons. The van der Waals surface area contributed by atoms with Crippen LogP contribution in [0.2, 0.25) is 0 Å². The van der Waals surface area contributed by atoms with E-state index in [1.165, 1.54) is 0 Å². The van der Waals surface area contributed by atoms with Crippen molar-refractivity contribution in [3.05, 3.63) is 12.0 Å². The van der Waals surface area contributed by atoms with Gasteiger partial charge in [0.1, 0.15) is 0 Å². The number of methoxy groups -OCH3 is 1. The Morgan fingerprint density at radius 3 is 3.00 bits per heavy atom. The lowest BCUT2D eigenvalue weighted by molar-refractivity contribution is 0.206. The number of rotatable bonds is 4. The molecule has 0 saturated carbocycles. The third-order valence-corrected chi connectivity index (χ3v) is 1.74. The highest BCUT2D eigenvalue weighted by molar-refractivity contribution is 5.41. The van der Waals surface area contributed by atoms with Gasteiger partial charge in [0.2, 0.25) is 5.95 Å². The van der Waals surface area contributed by atoms with E-state index in [0.717, 1.165) is 6.20 Å². The molecule has 0 fully saturated rings. The van der Waals surface area contributed by atoms with E-state index < -0.39 is 5.82 Å². The lowest BCUT2D eigenvalue weighted by atomic mass is 10.5. The molecule has 0 unspecified atom stereocenters. The van der Waals surface area contributed by atoms with Crippen molar-refractivity contribution in [1.82, 2.24) is 9.97 Å². The standard InChI is InChI=1S/C8H13FN4O/c1-13(3-4-14-2)7-6(9)5-11-8(10)12-7/h5H,3-4H2,1-2H3,(H2,10,11,12). The fraction of sp³-hybridized carbons (Fsp3) is 0.500. The minimum absolute atomic E-state index is 0.0608. The molecule has 1 rings (SSSR count). The van der Waals surface area contributed by atoms with Crippen molar-refractivity contribution in [1.29, 1.82) is 0 Å². The Morgan fingerprint density at radius 1 is 1.64 bits per heavy atom. The van der Waals surface area contributed by atoms with Crippen LogP contribution in [0.5, 0.6) is 0 Å². The van der Waals surface area contributed by atoms with Gasteiger partial charge in [-0.2, -0.15) is 4.98 Å². The fourth-order valence-corrected chi connectivity index (χ4v) is 0.973. The second-order valence-electron chi connectivity index (χ2n) is 2.81. The minimum atomic E-state index is -0.488. The number of aromatic nitrogens is 2. The first-order valence-corrected chi connectivity index (χ1v) is 4.13. The molecule has 2 N–H and O–H groups in total. The number of hydrogen-bond acceptors (Lipinski definition) is 5. The number of hydrogen-bond donors (Lipinski definition) is 1. The molecule has 0 aromatic carbocycles. The van der Waals surface area contributed by atoms with Gasteiger partial charge in [0.15, 0.2) is 11.6 Å². The predicted molar refractivity (Wildman–Crippen MR) is 51.5 cm³/mol. The van der Waals surface area contributed by atoms with E-state index in [2.05, 4.69) is 9.97 Å². The summed E-state index contributed by atoms with van der Waals surface area (Å²) >= 11 is 0. The highest BCUT2D eigenvalue weighted by Crippen LogP contribution is 2.13. The predicted octanol–water partition coefficient (Wildman–Crippen LogP) is 0.281. The van der Waals surface area contributed by atoms with Crippen LogP contribution in [-0.4, -0.2) is 37.3 Å². The number of nitrogens with two attached hydrogens (primary N) is 1. The zero-order valence-electron chi connectivity index (χ0n) is 8.20. The van der Waals surface area contributed by atoms with E-state index in [1.54, 1.807) is 19.1 Å². The molecule has 14 heavy (non-hydrogen) atoms. The third kappa shape index (κ3) is 2.53. The molecule has 0 amide bonds. The minimum Gasteiger partial charge on any atom is -0.383 e. The first kappa shape index (κ1) is 10.6. The van der Waals surface area contributed by atoms with Crippen molar-refractivity contribution in [2.24, 2.45) is 0 Å². The largest absolute Gasteiger partial charge is 0.383 e. The lowest BCUT2D eigenvalue weighted by Gasteiger charge is -2.17. The Bertz CT molecular complexity index is 307. The van der Waals surface area contributed by atoms with Crippen LogP contribution >= 0.6 is 0 Å². The molecule has 6 heteroatoms. The molecule has 0 atom stereocenters. The second-order valence-corrected chi connectivity index (χ2v) is 2.81. The lowest BCUT2D eigenvalue weighted by Crippen LogP contribution is -2.24. The Kier molecular flexibility index (Phi) is 3.58. The highest BCUT2D eigenvalue weighted by atomic mass is 19.1. The van der Waals surface area contributed by atoms with Gasteiger partial charge in [-0.1, -0.05) is 0 Å². The summed E-state index contributed by atoms with van der Waals surface area (Å²) < 4.78 is 18.0. The summed E-state index contributed by atoms with van der Waals surface area (Å²) in [5, 5.41) is 0. The molecule has 5 nitrogen and oxygen atoms in total.